The number of benzene rings is 1. The maximum atomic E-state index is 12.7. The minimum atomic E-state index is -0.368. The Morgan fingerprint density at radius 1 is 1.30 bits per heavy atom. The predicted octanol–water partition coefficient (Wildman–Crippen LogP) is 3.41. The largest absolute Gasteiger partial charge is 0.497 e. The topological polar surface area (TPSA) is 71.5 Å². The van der Waals surface area contributed by atoms with Gasteiger partial charge in [0.05, 0.1) is 18.7 Å². The van der Waals surface area contributed by atoms with Crippen molar-refractivity contribution in [1.29, 1.82) is 0 Å². The average molecular weight is 385 g/mol. The van der Waals surface area contributed by atoms with Gasteiger partial charge in [0.1, 0.15) is 5.75 Å². The Hall–Kier alpha value is -2.41. The first-order valence-electron chi connectivity index (χ1n) is 9.38. The van der Waals surface area contributed by atoms with E-state index >= 15 is 0 Å². The van der Waals surface area contributed by atoms with E-state index in [1.54, 1.807) is 23.3 Å². The number of nitrogens with one attached hydrogen (secondary N) is 1. The summed E-state index contributed by atoms with van der Waals surface area (Å²) in [5.41, 5.74) is 1.89. The van der Waals surface area contributed by atoms with Crippen LogP contribution in [0.3, 0.4) is 0 Å². The van der Waals surface area contributed by atoms with Crippen molar-refractivity contribution in [2.75, 3.05) is 23.9 Å². The van der Waals surface area contributed by atoms with Gasteiger partial charge in [0, 0.05) is 29.6 Å². The van der Waals surface area contributed by atoms with E-state index in [1.807, 2.05) is 24.3 Å². The highest BCUT2D eigenvalue weighted by atomic mass is 32.1. The van der Waals surface area contributed by atoms with Crippen LogP contribution in [0.25, 0.3) is 0 Å². The highest BCUT2D eigenvalue weighted by molar-refractivity contribution is 7.15. The molecule has 2 aromatic rings. The monoisotopic (exact) mass is 385 g/mol. The second-order valence-electron chi connectivity index (χ2n) is 7.05. The van der Waals surface area contributed by atoms with Crippen LogP contribution >= 0.6 is 11.3 Å². The number of thiazole rings is 1. The zero-order chi connectivity index (χ0) is 18.8. The molecule has 2 amide bonds. The van der Waals surface area contributed by atoms with Gasteiger partial charge >= 0.3 is 0 Å². The van der Waals surface area contributed by atoms with Crippen molar-refractivity contribution in [2.45, 2.75) is 38.5 Å². The lowest BCUT2D eigenvalue weighted by Gasteiger charge is -2.17. The molecule has 1 aliphatic carbocycles. The van der Waals surface area contributed by atoms with Gasteiger partial charge in [-0.1, -0.05) is 12.5 Å². The number of rotatable bonds is 4. The van der Waals surface area contributed by atoms with E-state index in [0.29, 0.717) is 17.4 Å². The van der Waals surface area contributed by atoms with Crippen LogP contribution in [0.15, 0.2) is 24.3 Å². The Morgan fingerprint density at radius 3 is 3.00 bits per heavy atom. The molecular weight excluding hydrogens is 362 g/mol. The molecule has 27 heavy (non-hydrogen) atoms. The molecule has 1 saturated heterocycles. The van der Waals surface area contributed by atoms with Crippen molar-refractivity contribution in [1.82, 2.24) is 4.98 Å². The number of aryl methyl sites for hydroxylation is 2. The van der Waals surface area contributed by atoms with E-state index in [4.69, 9.17) is 4.74 Å². The number of ether oxygens (including phenoxy) is 1. The quantitative estimate of drug-likeness (QED) is 0.819. The summed E-state index contributed by atoms with van der Waals surface area (Å²) in [6.45, 7) is 0.378. The molecule has 0 spiro atoms. The van der Waals surface area contributed by atoms with Gasteiger partial charge in [0.2, 0.25) is 11.8 Å². The van der Waals surface area contributed by atoms with Crippen LogP contribution in [-0.4, -0.2) is 30.5 Å². The van der Waals surface area contributed by atoms with Gasteiger partial charge in [-0.3, -0.25) is 9.59 Å². The minimum Gasteiger partial charge on any atom is -0.497 e. The number of fused-ring (bicyclic) bond motifs is 1. The van der Waals surface area contributed by atoms with Crippen molar-refractivity contribution >= 4 is 34.0 Å². The summed E-state index contributed by atoms with van der Waals surface area (Å²) in [7, 11) is 1.59. The Bertz CT molecular complexity index is 840. The second kappa shape index (κ2) is 7.68. The van der Waals surface area contributed by atoms with Crippen LogP contribution in [0.2, 0.25) is 0 Å². The van der Waals surface area contributed by atoms with Gasteiger partial charge < -0.3 is 15.0 Å². The second-order valence-corrected chi connectivity index (χ2v) is 8.13. The summed E-state index contributed by atoms with van der Waals surface area (Å²) in [5.74, 6) is 0.154. The molecule has 1 N–H and O–H groups in total. The average Bonchev–Trinajstić information content (AvgIpc) is 3.18. The molecular formula is C20H23N3O3S. The molecule has 2 aliphatic rings. The minimum absolute atomic E-state index is 0.0432. The Labute approximate surface area is 162 Å². The van der Waals surface area contributed by atoms with E-state index < -0.39 is 0 Å². The molecule has 1 aliphatic heterocycles. The number of nitrogens with zero attached hydrogens (tertiary/aromatic N) is 2. The van der Waals surface area contributed by atoms with Gasteiger partial charge in [0.25, 0.3) is 0 Å². The zero-order valence-electron chi connectivity index (χ0n) is 15.4. The van der Waals surface area contributed by atoms with Crippen LogP contribution in [0.1, 0.15) is 36.3 Å². The first-order valence-corrected chi connectivity index (χ1v) is 10.2. The number of amides is 2. The number of hydrogen-bond acceptors (Lipinski definition) is 5. The highest BCUT2D eigenvalue weighted by Crippen LogP contribution is 2.31. The summed E-state index contributed by atoms with van der Waals surface area (Å²) in [6, 6.07) is 7.35. The third-order valence-corrected chi connectivity index (χ3v) is 6.26. The fourth-order valence-electron chi connectivity index (χ4n) is 3.70. The molecule has 7 heteroatoms. The standard InChI is InChI=1S/C20H23N3O3S/c1-26-15-7-5-6-14(11-15)23-12-13(10-18(23)24)19(25)22-20-21-16-8-3-2-4-9-17(16)27-20/h5-7,11,13H,2-4,8-10,12H2,1H3,(H,21,22,25). The highest BCUT2D eigenvalue weighted by Gasteiger charge is 2.35. The number of anilines is 2. The Balaban J connectivity index is 1.43. The lowest BCUT2D eigenvalue weighted by Crippen LogP contribution is -2.28. The first kappa shape index (κ1) is 18.0. The molecule has 0 saturated carbocycles. The van der Waals surface area contributed by atoms with Gasteiger partial charge in [-0.05, 0) is 37.8 Å². The van der Waals surface area contributed by atoms with Gasteiger partial charge in [-0.15, -0.1) is 11.3 Å². The van der Waals surface area contributed by atoms with Crippen molar-refractivity contribution in [3.05, 3.63) is 34.8 Å². The predicted molar refractivity (Wildman–Crippen MR) is 105 cm³/mol. The fraction of sp³-hybridized carbons (Fsp3) is 0.450. The van der Waals surface area contributed by atoms with Gasteiger partial charge in [-0.2, -0.15) is 0 Å². The number of carbonyl (C=O) groups excluding carboxylic acids is 2. The van der Waals surface area contributed by atoms with E-state index in [0.717, 1.165) is 30.6 Å². The van der Waals surface area contributed by atoms with E-state index in [-0.39, 0.29) is 24.2 Å². The van der Waals surface area contributed by atoms with Crippen LogP contribution in [-0.2, 0) is 22.4 Å². The Morgan fingerprint density at radius 2 is 2.15 bits per heavy atom. The van der Waals surface area contributed by atoms with Crippen LogP contribution in [0, 0.1) is 5.92 Å². The number of methoxy groups -OCH3 is 1. The molecule has 1 aromatic carbocycles. The number of carbonyl (C=O) groups is 2. The molecule has 6 nitrogen and oxygen atoms in total. The van der Waals surface area contributed by atoms with Crippen LogP contribution in [0.4, 0.5) is 10.8 Å². The lowest BCUT2D eigenvalue weighted by molar-refractivity contribution is -0.122. The van der Waals surface area contributed by atoms with E-state index in [2.05, 4.69) is 10.3 Å². The molecule has 0 radical (unpaired) electrons. The molecule has 1 unspecified atom stereocenters. The van der Waals surface area contributed by atoms with Crippen molar-refractivity contribution in [3.63, 3.8) is 0 Å². The first-order chi connectivity index (χ1) is 13.1. The summed E-state index contributed by atoms with van der Waals surface area (Å²) in [5, 5.41) is 3.61. The smallest absolute Gasteiger partial charge is 0.231 e. The molecule has 1 atom stereocenters. The van der Waals surface area contributed by atoms with Gasteiger partial charge in [-0.25, -0.2) is 4.98 Å². The van der Waals surface area contributed by atoms with Crippen molar-refractivity contribution < 1.29 is 14.3 Å². The number of aromatic nitrogens is 1. The normalized spacial score (nSPS) is 19.5. The third-order valence-electron chi connectivity index (χ3n) is 5.19. The fourth-order valence-corrected chi connectivity index (χ4v) is 4.75. The van der Waals surface area contributed by atoms with Crippen LogP contribution in [0.5, 0.6) is 5.75 Å². The van der Waals surface area contributed by atoms with Crippen LogP contribution < -0.4 is 15.0 Å². The summed E-state index contributed by atoms with van der Waals surface area (Å²) < 4.78 is 5.23. The molecule has 1 fully saturated rings. The lowest BCUT2D eigenvalue weighted by atomic mass is 10.1. The summed E-state index contributed by atoms with van der Waals surface area (Å²) in [4.78, 5) is 32.7. The zero-order valence-corrected chi connectivity index (χ0v) is 16.2. The molecule has 2 heterocycles. The van der Waals surface area contributed by atoms with E-state index in [1.165, 1.54) is 17.7 Å². The van der Waals surface area contributed by atoms with Gasteiger partial charge in [0.15, 0.2) is 5.13 Å². The molecule has 1 aromatic heterocycles. The molecule has 4 rings (SSSR count). The van der Waals surface area contributed by atoms with Crippen molar-refractivity contribution in [3.8, 4) is 5.75 Å². The Kier molecular flexibility index (Phi) is 5.11. The summed E-state index contributed by atoms with van der Waals surface area (Å²) >= 11 is 1.58. The molecule has 142 valence electrons. The molecule has 0 bridgehead atoms. The SMILES string of the molecule is COc1cccc(N2CC(C(=O)Nc3nc4c(s3)CCCCC4)CC2=O)c1. The maximum Gasteiger partial charge on any atom is 0.231 e. The third kappa shape index (κ3) is 3.83. The van der Waals surface area contributed by atoms with Crippen molar-refractivity contribution in [2.24, 2.45) is 5.92 Å². The summed E-state index contributed by atoms with van der Waals surface area (Å²) in [6.07, 6.45) is 5.86. The number of hydrogen-bond donors (Lipinski definition) is 1. The van der Waals surface area contributed by atoms with E-state index in [9.17, 15) is 9.59 Å². The maximum absolute atomic E-state index is 12.7.